The molecule has 3 aromatic carbocycles. The Bertz CT molecular complexity index is 1090. The predicted molar refractivity (Wildman–Crippen MR) is 109 cm³/mol. The molecule has 0 aliphatic rings. The van der Waals surface area contributed by atoms with E-state index in [2.05, 4.69) is 32.8 Å². The van der Waals surface area contributed by atoms with Gasteiger partial charge in [0.25, 0.3) is 0 Å². The third kappa shape index (κ3) is 4.09. The second-order valence-corrected chi connectivity index (χ2v) is 6.41. The number of thiocarbonyl (C=S) groups is 1. The molecule has 1 aromatic heterocycles. The van der Waals surface area contributed by atoms with Gasteiger partial charge in [0.15, 0.2) is 5.11 Å². The van der Waals surface area contributed by atoms with Gasteiger partial charge in [-0.3, -0.25) is 5.32 Å². The lowest BCUT2D eigenvalue weighted by molar-refractivity contribution is 0.624. The zero-order valence-corrected chi connectivity index (χ0v) is 15.1. The number of halogens is 1. The molecule has 0 aliphatic heterocycles. The van der Waals surface area contributed by atoms with Gasteiger partial charge in [-0.1, -0.05) is 48.5 Å². The molecule has 0 spiro atoms. The Labute approximate surface area is 160 Å². The Morgan fingerprint density at radius 3 is 2.59 bits per heavy atom. The number of nitrogens with one attached hydrogen (secondary N) is 2. The Hall–Kier alpha value is -3.32. The lowest BCUT2D eigenvalue weighted by atomic mass is 10.1. The third-order valence-corrected chi connectivity index (χ3v) is 4.26. The van der Waals surface area contributed by atoms with Crippen LogP contribution in [0.15, 0.2) is 73.1 Å². The van der Waals surface area contributed by atoms with Crippen molar-refractivity contribution < 1.29 is 4.39 Å². The molecule has 7 heteroatoms. The molecule has 5 nitrogen and oxygen atoms in total. The Balaban J connectivity index is 1.42. The smallest absolute Gasteiger partial charge is 0.248 e. The van der Waals surface area contributed by atoms with Gasteiger partial charge in [0.1, 0.15) is 12.1 Å². The van der Waals surface area contributed by atoms with E-state index < -0.39 is 0 Å². The minimum absolute atomic E-state index is 0.260. The van der Waals surface area contributed by atoms with Crippen LogP contribution < -0.4 is 10.6 Å². The zero-order chi connectivity index (χ0) is 18.6. The first-order chi connectivity index (χ1) is 13.2. The lowest BCUT2D eigenvalue weighted by Crippen LogP contribution is -2.20. The average molecular weight is 377 g/mol. The largest absolute Gasteiger partial charge is 0.332 e. The van der Waals surface area contributed by atoms with Gasteiger partial charge in [-0.2, -0.15) is 0 Å². The average Bonchev–Trinajstić information content (AvgIpc) is 3.10. The van der Waals surface area contributed by atoms with Gasteiger partial charge in [-0.15, -0.1) is 5.10 Å². The first-order valence-electron chi connectivity index (χ1n) is 8.37. The number of hydrogen-bond donors (Lipinski definition) is 2. The molecule has 0 saturated heterocycles. The van der Waals surface area contributed by atoms with Crippen LogP contribution in [0.5, 0.6) is 0 Å². The van der Waals surface area contributed by atoms with E-state index in [1.54, 1.807) is 23.1 Å². The summed E-state index contributed by atoms with van der Waals surface area (Å²) in [6.45, 7) is 0.498. The lowest BCUT2D eigenvalue weighted by Gasteiger charge is -2.10. The minimum Gasteiger partial charge on any atom is -0.332 e. The summed E-state index contributed by atoms with van der Waals surface area (Å²) in [5.74, 6) is 0.138. The van der Waals surface area contributed by atoms with E-state index >= 15 is 0 Å². The van der Waals surface area contributed by atoms with Crippen molar-refractivity contribution in [2.24, 2.45) is 0 Å². The van der Waals surface area contributed by atoms with Crippen molar-refractivity contribution in [2.45, 2.75) is 6.54 Å². The van der Waals surface area contributed by atoms with Crippen LogP contribution in [0.1, 0.15) is 5.56 Å². The minimum atomic E-state index is -0.260. The molecule has 0 radical (unpaired) electrons. The summed E-state index contributed by atoms with van der Waals surface area (Å²) in [5.41, 5.74) is 1.85. The maximum atomic E-state index is 13.0. The molecule has 0 amide bonds. The normalized spacial score (nSPS) is 10.7. The van der Waals surface area contributed by atoms with E-state index in [-0.39, 0.29) is 5.82 Å². The second kappa shape index (κ2) is 7.51. The maximum absolute atomic E-state index is 13.0. The van der Waals surface area contributed by atoms with Crippen molar-refractivity contribution in [3.8, 4) is 0 Å². The molecule has 0 unspecified atom stereocenters. The van der Waals surface area contributed by atoms with E-state index in [1.165, 1.54) is 12.1 Å². The van der Waals surface area contributed by atoms with Gasteiger partial charge in [-0.25, -0.2) is 14.1 Å². The van der Waals surface area contributed by atoms with Crippen molar-refractivity contribution in [3.63, 3.8) is 0 Å². The van der Waals surface area contributed by atoms with E-state index in [9.17, 15) is 4.39 Å². The van der Waals surface area contributed by atoms with Crippen LogP contribution in [0, 0.1) is 5.82 Å². The fraction of sp³-hybridized carbons (Fsp3) is 0.0500. The van der Waals surface area contributed by atoms with Crippen LogP contribution in [0.4, 0.5) is 16.0 Å². The highest BCUT2D eigenvalue weighted by molar-refractivity contribution is 7.80. The molecule has 0 atom stereocenters. The Morgan fingerprint density at radius 1 is 0.963 bits per heavy atom. The SMILES string of the molecule is Fc1ccc(Cn2cnc(NC(=S)Nc3cccc4ccccc34)n2)cc1. The van der Waals surface area contributed by atoms with E-state index in [0.717, 1.165) is 22.0 Å². The predicted octanol–water partition coefficient (Wildman–Crippen LogP) is 4.43. The monoisotopic (exact) mass is 377 g/mol. The molecule has 1 heterocycles. The van der Waals surface area contributed by atoms with Gasteiger partial charge < -0.3 is 5.32 Å². The number of anilines is 2. The molecular formula is C20H16FN5S. The number of nitrogens with zero attached hydrogens (tertiary/aromatic N) is 3. The quantitative estimate of drug-likeness (QED) is 0.516. The summed E-state index contributed by atoms with van der Waals surface area (Å²) in [4.78, 5) is 4.21. The highest BCUT2D eigenvalue weighted by atomic mass is 32.1. The molecule has 4 rings (SSSR count). The highest BCUT2D eigenvalue weighted by Gasteiger charge is 2.06. The summed E-state index contributed by atoms with van der Waals surface area (Å²) in [6.07, 6.45) is 1.60. The third-order valence-electron chi connectivity index (χ3n) is 4.06. The number of benzene rings is 3. The van der Waals surface area contributed by atoms with Gasteiger partial charge in [0.05, 0.1) is 6.54 Å². The maximum Gasteiger partial charge on any atom is 0.248 e. The molecule has 27 heavy (non-hydrogen) atoms. The Kier molecular flexibility index (Phi) is 4.76. The molecule has 0 fully saturated rings. The number of aromatic nitrogens is 3. The van der Waals surface area contributed by atoms with Crippen LogP contribution in [0.2, 0.25) is 0 Å². The van der Waals surface area contributed by atoms with Gasteiger partial charge >= 0.3 is 0 Å². The van der Waals surface area contributed by atoms with Crippen molar-refractivity contribution in [2.75, 3.05) is 10.6 Å². The van der Waals surface area contributed by atoms with Gasteiger partial charge in [0, 0.05) is 11.1 Å². The summed E-state index contributed by atoms with van der Waals surface area (Å²) >= 11 is 5.38. The summed E-state index contributed by atoms with van der Waals surface area (Å²) in [5, 5.41) is 13.1. The molecule has 0 bridgehead atoms. The van der Waals surface area contributed by atoms with Crippen LogP contribution >= 0.6 is 12.2 Å². The van der Waals surface area contributed by atoms with Crippen LogP contribution in [-0.4, -0.2) is 19.9 Å². The second-order valence-electron chi connectivity index (χ2n) is 6.00. The number of hydrogen-bond acceptors (Lipinski definition) is 3. The topological polar surface area (TPSA) is 54.8 Å². The molecular weight excluding hydrogens is 361 g/mol. The molecule has 4 aromatic rings. The number of fused-ring (bicyclic) bond motifs is 1. The van der Waals surface area contributed by atoms with Crippen molar-refractivity contribution >= 4 is 39.7 Å². The summed E-state index contributed by atoms with van der Waals surface area (Å²) < 4.78 is 14.6. The molecule has 2 N–H and O–H groups in total. The standard InChI is InChI=1S/C20H16FN5S/c21-16-10-8-14(9-11-16)12-26-13-22-19(25-26)24-20(27)23-18-7-3-5-15-4-1-2-6-17(15)18/h1-11,13H,12H2,(H2,23,24,25,27). The van der Waals surface area contributed by atoms with Crippen molar-refractivity contribution in [1.29, 1.82) is 0 Å². The number of rotatable bonds is 4. The van der Waals surface area contributed by atoms with Crippen molar-refractivity contribution in [1.82, 2.24) is 14.8 Å². The molecule has 134 valence electrons. The van der Waals surface area contributed by atoms with Crippen LogP contribution in [0.25, 0.3) is 10.8 Å². The first-order valence-corrected chi connectivity index (χ1v) is 8.78. The van der Waals surface area contributed by atoms with Gasteiger partial charge in [-0.05, 0) is 41.4 Å². The zero-order valence-electron chi connectivity index (χ0n) is 14.3. The van der Waals surface area contributed by atoms with E-state index in [4.69, 9.17) is 12.2 Å². The first kappa shape index (κ1) is 17.1. The Morgan fingerprint density at radius 2 is 1.74 bits per heavy atom. The van der Waals surface area contributed by atoms with E-state index in [1.807, 2.05) is 30.3 Å². The molecule has 0 saturated carbocycles. The fourth-order valence-electron chi connectivity index (χ4n) is 2.79. The van der Waals surface area contributed by atoms with Crippen LogP contribution in [0.3, 0.4) is 0 Å². The van der Waals surface area contributed by atoms with Crippen LogP contribution in [-0.2, 0) is 6.54 Å². The summed E-state index contributed by atoms with van der Waals surface area (Å²) in [6, 6.07) is 20.4. The van der Waals surface area contributed by atoms with Gasteiger partial charge in [0.2, 0.25) is 5.95 Å². The summed E-state index contributed by atoms with van der Waals surface area (Å²) in [7, 11) is 0. The van der Waals surface area contributed by atoms with E-state index in [0.29, 0.717) is 17.6 Å². The molecule has 0 aliphatic carbocycles. The van der Waals surface area contributed by atoms with Crippen molar-refractivity contribution in [3.05, 3.63) is 84.4 Å². The highest BCUT2D eigenvalue weighted by Crippen LogP contribution is 2.23. The fourth-order valence-corrected chi connectivity index (χ4v) is 3.00.